The SMILES string of the molecule is N#Cc1ccccc1C1(C(=O)O)CC(O)C1. The molecule has 1 aliphatic rings. The molecule has 1 aromatic carbocycles. The molecule has 1 fully saturated rings. The second-order valence-corrected chi connectivity index (χ2v) is 4.11. The van der Waals surface area contributed by atoms with Crippen LogP contribution in [0.3, 0.4) is 0 Å². The van der Waals surface area contributed by atoms with E-state index in [0.717, 1.165) is 0 Å². The molecule has 0 heterocycles. The van der Waals surface area contributed by atoms with Crippen LogP contribution in [-0.2, 0) is 10.2 Å². The van der Waals surface area contributed by atoms with E-state index in [1.165, 1.54) is 0 Å². The van der Waals surface area contributed by atoms with Crippen molar-refractivity contribution in [2.24, 2.45) is 0 Å². The maximum Gasteiger partial charge on any atom is 0.314 e. The number of nitriles is 1. The molecular formula is C12H11NO3. The quantitative estimate of drug-likeness (QED) is 0.775. The van der Waals surface area contributed by atoms with Crippen molar-refractivity contribution in [2.75, 3.05) is 0 Å². The van der Waals surface area contributed by atoms with Crippen LogP contribution in [-0.4, -0.2) is 22.3 Å². The number of aliphatic carboxylic acids is 1. The van der Waals surface area contributed by atoms with Crippen molar-refractivity contribution in [3.63, 3.8) is 0 Å². The number of carbonyl (C=O) groups is 1. The molecule has 1 aliphatic carbocycles. The van der Waals surface area contributed by atoms with Crippen LogP contribution >= 0.6 is 0 Å². The number of aliphatic hydroxyl groups is 1. The third-order valence-corrected chi connectivity index (χ3v) is 3.14. The molecule has 0 unspecified atom stereocenters. The van der Waals surface area contributed by atoms with Crippen LogP contribution in [0.5, 0.6) is 0 Å². The second-order valence-electron chi connectivity index (χ2n) is 4.11. The average molecular weight is 217 g/mol. The van der Waals surface area contributed by atoms with Gasteiger partial charge in [0.05, 0.1) is 23.2 Å². The summed E-state index contributed by atoms with van der Waals surface area (Å²) < 4.78 is 0. The van der Waals surface area contributed by atoms with Gasteiger partial charge in [-0.2, -0.15) is 5.26 Å². The zero-order chi connectivity index (χ0) is 11.8. The number of benzene rings is 1. The summed E-state index contributed by atoms with van der Waals surface area (Å²) in [5, 5.41) is 27.5. The van der Waals surface area contributed by atoms with Gasteiger partial charge >= 0.3 is 5.97 Å². The van der Waals surface area contributed by atoms with Gasteiger partial charge in [-0.05, 0) is 24.5 Å². The highest BCUT2D eigenvalue weighted by atomic mass is 16.4. The summed E-state index contributed by atoms with van der Waals surface area (Å²) in [6, 6.07) is 8.66. The Morgan fingerprint density at radius 3 is 2.56 bits per heavy atom. The maximum absolute atomic E-state index is 11.3. The first-order valence-corrected chi connectivity index (χ1v) is 5.01. The predicted octanol–water partition coefficient (Wildman–Crippen LogP) is 1.04. The lowest BCUT2D eigenvalue weighted by Gasteiger charge is -2.42. The van der Waals surface area contributed by atoms with E-state index in [-0.39, 0.29) is 12.8 Å². The van der Waals surface area contributed by atoms with Crippen molar-refractivity contribution in [3.8, 4) is 6.07 Å². The fourth-order valence-electron chi connectivity index (χ4n) is 2.25. The molecule has 2 N–H and O–H groups in total. The van der Waals surface area contributed by atoms with Gasteiger partial charge in [-0.15, -0.1) is 0 Å². The van der Waals surface area contributed by atoms with E-state index in [0.29, 0.717) is 11.1 Å². The Balaban J connectivity index is 2.50. The predicted molar refractivity (Wildman–Crippen MR) is 55.7 cm³/mol. The van der Waals surface area contributed by atoms with Gasteiger partial charge in [0.2, 0.25) is 0 Å². The number of aliphatic hydroxyl groups excluding tert-OH is 1. The fraction of sp³-hybridized carbons (Fsp3) is 0.333. The standard InChI is InChI=1S/C12H11NO3/c13-7-8-3-1-2-4-10(8)12(11(15)16)5-9(14)6-12/h1-4,9,14H,5-6H2,(H,15,16). The molecular weight excluding hydrogens is 206 g/mol. The minimum Gasteiger partial charge on any atom is -0.481 e. The molecule has 2 rings (SSSR count). The van der Waals surface area contributed by atoms with Gasteiger partial charge in [0, 0.05) is 0 Å². The first-order valence-electron chi connectivity index (χ1n) is 5.01. The molecule has 4 nitrogen and oxygen atoms in total. The monoisotopic (exact) mass is 217 g/mol. The Bertz CT molecular complexity index is 469. The maximum atomic E-state index is 11.3. The van der Waals surface area contributed by atoms with Crippen LogP contribution in [0.25, 0.3) is 0 Å². The minimum absolute atomic E-state index is 0.182. The lowest BCUT2D eigenvalue weighted by Crippen LogP contribution is -2.51. The molecule has 0 radical (unpaired) electrons. The fourth-order valence-corrected chi connectivity index (χ4v) is 2.25. The number of hydrogen-bond acceptors (Lipinski definition) is 3. The first-order chi connectivity index (χ1) is 7.60. The molecule has 0 aliphatic heterocycles. The molecule has 1 aromatic rings. The van der Waals surface area contributed by atoms with Crippen LogP contribution in [0.1, 0.15) is 24.0 Å². The van der Waals surface area contributed by atoms with Crippen molar-refractivity contribution in [2.45, 2.75) is 24.4 Å². The highest BCUT2D eigenvalue weighted by Crippen LogP contribution is 2.45. The topological polar surface area (TPSA) is 81.3 Å². The van der Waals surface area contributed by atoms with Crippen LogP contribution < -0.4 is 0 Å². The van der Waals surface area contributed by atoms with E-state index >= 15 is 0 Å². The van der Waals surface area contributed by atoms with E-state index in [2.05, 4.69) is 0 Å². The molecule has 0 saturated heterocycles. The van der Waals surface area contributed by atoms with Crippen LogP contribution in [0.2, 0.25) is 0 Å². The van der Waals surface area contributed by atoms with Crippen LogP contribution in [0.4, 0.5) is 0 Å². The first kappa shape index (κ1) is 10.7. The van der Waals surface area contributed by atoms with E-state index in [4.69, 9.17) is 5.26 Å². The summed E-state index contributed by atoms with van der Waals surface area (Å²) in [6.45, 7) is 0. The summed E-state index contributed by atoms with van der Waals surface area (Å²) in [6.07, 6.45) is -0.218. The average Bonchev–Trinajstić information content (AvgIpc) is 2.24. The molecule has 0 atom stereocenters. The minimum atomic E-state index is -1.08. The van der Waals surface area contributed by atoms with Gasteiger partial charge in [-0.25, -0.2) is 0 Å². The number of nitrogens with zero attached hydrogens (tertiary/aromatic N) is 1. The zero-order valence-electron chi connectivity index (χ0n) is 8.55. The summed E-state index contributed by atoms with van der Waals surface area (Å²) in [5.41, 5.74) is -0.196. The number of rotatable bonds is 2. The summed E-state index contributed by atoms with van der Waals surface area (Å²) in [7, 11) is 0. The van der Waals surface area contributed by atoms with E-state index < -0.39 is 17.5 Å². The lowest BCUT2D eigenvalue weighted by molar-refractivity contribution is -0.152. The van der Waals surface area contributed by atoms with Gasteiger partial charge in [0.1, 0.15) is 0 Å². The molecule has 0 spiro atoms. The largest absolute Gasteiger partial charge is 0.481 e. The number of hydrogen-bond donors (Lipinski definition) is 2. The lowest BCUT2D eigenvalue weighted by atomic mass is 9.62. The van der Waals surface area contributed by atoms with Crippen molar-refractivity contribution < 1.29 is 15.0 Å². The van der Waals surface area contributed by atoms with E-state index in [9.17, 15) is 15.0 Å². The molecule has 0 bridgehead atoms. The molecule has 16 heavy (non-hydrogen) atoms. The van der Waals surface area contributed by atoms with Gasteiger partial charge in [0.15, 0.2) is 0 Å². The second kappa shape index (κ2) is 3.62. The van der Waals surface area contributed by atoms with Crippen molar-refractivity contribution in [3.05, 3.63) is 35.4 Å². The van der Waals surface area contributed by atoms with E-state index in [1.54, 1.807) is 24.3 Å². The Labute approximate surface area is 92.8 Å². The highest BCUT2D eigenvalue weighted by molar-refractivity contribution is 5.84. The van der Waals surface area contributed by atoms with Gasteiger partial charge in [-0.3, -0.25) is 4.79 Å². The third kappa shape index (κ3) is 1.37. The molecule has 1 saturated carbocycles. The molecule has 4 heteroatoms. The van der Waals surface area contributed by atoms with Crippen LogP contribution in [0.15, 0.2) is 24.3 Å². The summed E-state index contributed by atoms with van der Waals surface area (Å²) in [5.74, 6) is -0.972. The highest BCUT2D eigenvalue weighted by Gasteiger charge is 2.52. The third-order valence-electron chi connectivity index (χ3n) is 3.14. The Morgan fingerprint density at radius 1 is 1.44 bits per heavy atom. The number of carboxylic acids is 1. The normalized spacial score (nSPS) is 27.9. The van der Waals surface area contributed by atoms with Crippen LogP contribution in [0, 0.1) is 11.3 Å². The molecule has 82 valence electrons. The van der Waals surface area contributed by atoms with E-state index in [1.807, 2.05) is 6.07 Å². The van der Waals surface area contributed by atoms with Crippen molar-refractivity contribution >= 4 is 5.97 Å². The van der Waals surface area contributed by atoms with Gasteiger partial charge < -0.3 is 10.2 Å². The Morgan fingerprint density at radius 2 is 2.06 bits per heavy atom. The Kier molecular flexibility index (Phi) is 2.41. The summed E-state index contributed by atoms with van der Waals surface area (Å²) >= 11 is 0. The van der Waals surface area contributed by atoms with Crippen molar-refractivity contribution in [1.82, 2.24) is 0 Å². The number of carboxylic acid groups (broad SMARTS) is 1. The Hall–Kier alpha value is -1.86. The smallest absolute Gasteiger partial charge is 0.314 e. The van der Waals surface area contributed by atoms with Gasteiger partial charge in [0.25, 0.3) is 0 Å². The summed E-state index contributed by atoms with van der Waals surface area (Å²) in [4.78, 5) is 11.3. The van der Waals surface area contributed by atoms with Crippen molar-refractivity contribution in [1.29, 1.82) is 5.26 Å². The molecule has 0 amide bonds. The van der Waals surface area contributed by atoms with Gasteiger partial charge in [-0.1, -0.05) is 18.2 Å². The zero-order valence-corrected chi connectivity index (χ0v) is 8.55. The molecule has 0 aromatic heterocycles.